The number of imidazole rings is 1. The minimum atomic E-state index is 0.895. The van der Waals surface area contributed by atoms with E-state index in [9.17, 15) is 0 Å². The van der Waals surface area contributed by atoms with Gasteiger partial charge in [0.2, 0.25) is 0 Å². The fraction of sp³-hybridized carbons (Fsp3) is 0.300. The van der Waals surface area contributed by atoms with Crippen LogP contribution >= 0.6 is 0 Å². The van der Waals surface area contributed by atoms with Crippen LogP contribution in [0, 0.1) is 0 Å². The molecule has 1 aromatic carbocycles. The second-order valence-corrected chi connectivity index (χ2v) is 3.21. The third-order valence-corrected chi connectivity index (χ3v) is 2.17. The number of nitrogens with one attached hydrogen (secondary N) is 1. The predicted molar refractivity (Wildman–Crippen MR) is 53.5 cm³/mol. The largest absolute Gasteiger partial charge is 0.334 e. The minimum Gasteiger partial charge on any atom is -0.334 e. The minimum absolute atomic E-state index is 0.895. The molecular formula is C10H13N3. The summed E-state index contributed by atoms with van der Waals surface area (Å²) in [5.74, 6) is 0. The first-order valence-corrected chi connectivity index (χ1v) is 4.36. The van der Waals surface area contributed by atoms with Crippen molar-refractivity contribution in [1.29, 1.82) is 0 Å². The Bertz CT molecular complexity index is 417. The molecule has 0 aliphatic carbocycles. The van der Waals surface area contributed by atoms with Gasteiger partial charge in [0.1, 0.15) is 0 Å². The number of hydrogen-bond donors (Lipinski definition) is 1. The molecule has 68 valence electrons. The first kappa shape index (κ1) is 8.26. The quantitative estimate of drug-likeness (QED) is 0.745. The molecule has 3 nitrogen and oxygen atoms in total. The second kappa shape index (κ2) is 3.18. The molecule has 3 heteroatoms. The zero-order valence-electron chi connectivity index (χ0n) is 7.91. The summed E-state index contributed by atoms with van der Waals surface area (Å²) in [5.41, 5.74) is 3.52. The number of hydrogen-bond acceptors (Lipinski definition) is 2. The Morgan fingerprint density at radius 3 is 3.08 bits per heavy atom. The van der Waals surface area contributed by atoms with Gasteiger partial charge in [-0.05, 0) is 24.7 Å². The van der Waals surface area contributed by atoms with E-state index in [-0.39, 0.29) is 0 Å². The van der Waals surface area contributed by atoms with Crippen molar-refractivity contribution < 1.29 is 0 Å². The lowest BCUT2D eigenvalue weighted by Crippen LogP contribution is -2.04. The van der Waals surface area contributed by atoms with Crippen molar-refractivity contribution >= 4 is 11.0 Å². The first-order chi connectivity index (χ1) is 6.31. The van der Waals surface area contributed by atoms with E-state index in [4.69, 9.17) is 0 Å². The molecule has 0 aliphatic heterocycles. The van der Waals surface area contributed by atoms with Crippen LogP contribution in [0.25, 0.3) is 11.0 Å². The molecule has 0 radical (unpaired) electrons. The van der Waals surface area contributed by atoms with Gasteiger partial charge >= 0.3 is 0 Å². The maximum absolute atomic E-state index is 4.30. The second-order valence-electron chi connectivity index (χ2n) is 3.21. The lowest BCUT2D eigenvalue weighted by Gasteiger charge is -1.99. The molecule has 0 unspecified atom stereocenters. The molecule has 0 saturated carbocycles. The van der Waals surface area contributed by atoms with Gasteiger partial charge in [0, 0.05) is 13.6 Å². The molecule has 0 fully saturated rings. The van der Waals surface area contributed by atoms with Crippen molar-refractivity contribution in [2.24, 2.45) is 7.05 Å². The molecule has 0 bridgehead atoms. The molecule has 1 N–H and O–H groups in total. The van der Waals surface area contributed by atoms with Crippen molar-refractivity contribution in [3.05, 3.63) is 30.1 Å². The van der Waals surface area contributed by atoms with Crippen LogP contribution in [0.4, 0.5) is 0 Å². The SMILES string of the molecule is CNCc1ccc2c(c1)ncn2C. The van der Waals surface area contributed by atoms with Gasteiger partial charge in [0.15, 0.2) is 0 Å². The lowest BCUT2D eigenvalue weighted by atomic mass is 10.2. The predicted octanol–water partition coefficient (Wildman–Crippen LogP) is 1.29. The lowest BCUT2D eigenvalue weighted by molar-refractivity contribution is 0.819. The Kier molecular flexibility index (Phi) is 2.02. The van der Waals surface area contributed by atoms with E-state index in [1.54, 1.807) is 0 Å². The van der Waals surface area contributed by atoms with Crippen LogP contribution < -0.4 is 5.32 Å². The van der Waals surface area contributed by atoms with Crippen LogP contribution in [-0.2, 0) is 13.6 Å². The van der Waals surface area contributed by atoms with E-state index in [2.05, 4.69) is 28.5 Å². The maximum atomic E-state index is 4.30. The topological polar surface area (TPSA) is 29.9 Å². The van der Waals surface area contributed by atoms with E-state index >= 15 is 0 Å². The standard InChI is InChI=1S/C10H13N3/c1-11-6-8-3-4-10-9(5-8)12-7-13(10)2/h3-5,7,11H,6H2,1-2H3. The van der Waals surface area contributed by atoms with Crippen molar-refractivity contribution in [3.63, 3.8) is 0 Å². The van der Waals surface area contributed by atoms with Gasteiger partial charge in [0.05, 0.1) is 17.4 Å². The molecule has 0 aliphatic rings. The molecule has 0 amide bonds. The van der Waals surface area contributed by atoms with E-state index in [1.807, 2.05) is 25.0 Å². The zero-order chi connectivity index (χ0) is 9.26. The molecule has 0 spiro atoms. The Morgan fingerprint density at radius 1 is 1.46 bits per heavy atom. The van der Waals surface area contributed by atoms with Crippen LogP contribution in [0.5, 0.6) is 0 Å². The van der Waals surface area contributed by atoms with Crippen LogP contribution in [0.2, 0.25) is 0 Å². The van der Waals surface area contributed by atoms with Gasteiger partial charge in [-0.1, -0.05) is 6.07 Å². The maximum Gasteiger partial charge on any atom is 0.0955 e. The van der Waals surface area contributed by atoms with Crippen LogP contribution in [0.1, 0.15) is 5.56 Å². The molecule has 1 heterocycles. The summed E-state index contributed by atoms with van der Waals surface area (Å²) < 4.78 is 2.03. The van der Waals surface area contributed by atoms with E-state index in [0.29, 0.717) is 0 Å². The number of fused-ring (bicyclic) bond motifs is 1. The molecule has 0 atom stereocenters. The first-order valence-electron chi connectivity index (χ1n) is 4.36. The zero-order valence-corrected chi connectivity index (χ0v) is 7.91. The highest BCUT2D eigenvalue weighted by Gasteiger charge is 1.99. The van der Waals surface area contributed by atoms with Gasteiger partial charge in [0.25, 0.3) is 0 Å². The molecule has 1 aromatic heterocycles. The average molecular weight is 175 g/mol. The summed E-state index contributed by atoms with van der Waals surface area (Å²) in [4.78, 5) is 4.30. The molecule has 0 saturated heterocycles. The molecule has 2 aromatic rings. The Morgan fingerprint density at radius 2 is 2.31 bits per heavy atom. The highest BCUT2D eigenvalue weighted by atomic mass is 15.0. The number of aromatic nitrogens is 2. The van der Waals surface area contributed by atoms with Gasteiger partial charge in [-0.2, -0.15) is 0 Å². The fourth-order valence-electron chi connectivity index (χ4n) is 1.50. The summed E-state index contributed by atoms with van der Waals surface area (Å²) in [6.45, 7) is 0.895. The summed E-state index contributed by atoms with van der Waals surface area (Å²) in [6.07, 6.45) is 1.84. The van der Waals surface area contributed by atoms with Crippen LogP contribution in [-0.4, -0.2) is 16.6 Å². The highest BCUT2D eigenvalue weighted by Crippen LogP contribution is 2.13. The number of aryl methyl sites for hydroxylation is 1. The van der Waals surface area contributed by atoms with E-state index in [0.717, 1.165) is 12.1 Å². The van der Waals surface area contributed by atoms with Crippen molar-refractivity contribution in [2.45, 2.75) is 6.54 Å². The monoisotopic (exact) mass is 175 g/mol. The molecular weight excluding hydrogens is 162 g/mol. The average Bonchev–Trinajstić information content (AvgIpc) is 2.48. The van der Waals surface area contributed by atoms with Crippen molar-refractivity contribution in [1.82, 2.24) is 14.9 Å². The summed E-state index contributed by atoms with van der Waals surface area (Å²) in [7, 11) is 3.95. The Hall–Kier alpha value is -1.35. The van der Waals surface area contributed by atoms with Gasteiger partial charge < -0.3 is 9.88 Å². The summed E-state index contributed by atoms with van der Waals surface area (Å²) >= 11 is 0. The smallest absolute Gasteiger partial charge is 0.0955 e. The third-order valence-electron chi connectivity index (χ3n) is 2.17. The van der Waals surface area contributed by atoms with Crippen LogP contribution in [0.15, 0.2) is 24.5 Å². The molecule has 13 heavy (non-hydrogen) atoms. The summed E-state index contributed by atoms with van der Waals surface area (Å²) in [5, 5.41) is 3.12. The van der Waals surface area contributed by atoms with E-state index < -0.39 is 0 Å². The number of benzene rings is 1. The third kappa shape index (κ3) is 1.42. The highest BCUT2D eigenvalue weighted by molar-refractivity contribution is 5.75. The number of rotatable bonds is 2. The number of nitrogens with zero attached hydrogens (tertiary/aromatic N) is 2. The van der Waals surface area contributed by atoms with Gasteiger partial charge in [-0.25, -0.2) is 4.98 Å². The van der Waals surface area contributed by atoms with Gasteiger partial charge in [-0.3, -0.25) is 0 Å². The van der Waals surface area contributed by atoms with Crippen molar-refractivity contribution in [3.8, 4) is 0 Å². The Labute approximate surface area is 77.4 Å². The van der Waals surface area contributed by atoms with Gasteiger partial charge in [-0.15, -0.1) is 0 Å². The van der Waals surface area contributed by atoms with Crippen molar-refractivity contribution in [2.75, 3.05) is 7.05 Å². The molecule has 2 rings (SSSR count). The fourth-order valence-corrected chi connectivity index (χ4v) is 1.50. The normalized spacial score (nSPS) is 10.9. The van der Waals surface area contributed by atoms with Crippen LogP contribution in [0.3, 0.4) is 0 Å². The summed E-state index contributed by atoms with van der Waals surface area (Å²) in [6, 6.07) is 6.35. The Balaban J connectivity index is 2.50. The van der Waals surface area contributed by atoms with E-state index in [1.165, 1.54) is 11.1 Å².